The van der Waals surface area contributed by atoms with Crippen LogP contribution in [0.3, 0.4) is 0 Å². The maximum Gasteiger partial charge on any atom is 0.309 e. The molecule has 2 heterocycles. The molecule has 0 amide bonds. The largest absolute Gasteiger partial charge is 0.469 e. The number of piperidine rings is 1. The zero-order chi connectivity index (χ0) is 9.97. The van der Waals surface area contributed by atoms with Gasteiger partial charge in [-0.05, 0) is 19.4 Å². The lowest BCUT2D eigenvalue weighted by molar-refractivity contribution is -0.147. The molecule has 0 aromatic carbocycles. The van der Waals surface area contributed by atoms with Gasteiger partial charge < -0.3 is 10.1 Å². The van der Waals surface area contributed by atoms with Crippen LogP contribution in [0.25, 0.3) is 0 Å². The Labute approximate surface area is 96.7 Å². The van der Waals surface area contributed by atoms with Crippen molar-refractivity contribution in [1.82, 2.24) is 10.2 Å². The summed E-state index contributed by atoms with van der Waals surface area (Å²) < 4.78 is 4.79. The molecule has 0 aromatic heterocycles. The van der Waals surface area contributed by atoms with Gasteiger partial charge in [-0.3, -0.25) is 9.69 Å². The second kappa shape index (κ2) is 5.68. The van der Waals surface area contributed by atoms with Crippen LogP contribution >= 0.6 is 12.4 Å². The van der Waals surface area contributed by atoms with E-state index < -0.39 is 0 Å². The van der Waals surface area contributed by atoms with Gasteiger partial charge in [0.05, 0.1) is 13.0 Å². The number of nitrogens with one attached hydrogen (secondary N) is 1. The Balaban J connectivity index is 0.00000112. The lowest BCUT2D eigenvalue weighted by atomic mass is 9.95. The number of rotatable bonds is 2. The Morgan fingerprint density at radius 2 is 2.20 bits per heavy atom. The van der Waals surface area contributed by atoms with E-state index in [4.69, 9.17) is 4.74 Å². The highest BCUT2D eigenvalue weighted by Gasteiger charge is 2.32. The van der Waals surface area contributed by atoms with Crippen LogP contribution in [0.4, 0.5) is 0 Å². The van der Waals surface area contributed by atoms with Crippen LogP contribution in [0.5, 0.6) is 0 Å². The van der Waals surface area contributed by atoms with E-state index in [0.717, 1.165) is 39.0 Å². The van der Waals surface area contributed by atoms with Gasteiger partial charge in [-0.15, -0.1) is 12.4 Å². The van der Waals surface area contributed by atoms with Gasteiger partial charge in [-0.1, -0.05) is 0 Å². The first-order valence-corrected chi connectivity index (χ1v) is 5.34. The first kappa shape index (κ1) is 12.7. The SMILES string of the molecule is COC(=O)[C@@H]1CCCN(C2CNC2)C1.Cl. The summed E-state index contributed by atoms with van der Waals surface area (Å²) >= 11 is 0. The van der Waals surface area contributed by atoms with E-state index in [2.05, 4.69) is 10.2 Å². The van der Waals surface area contributed by atoms with Crippen molar-refractivity contribution in [2.24, 2.45) is 5.92 Å². The fraction of sp³-hybridized carbons (Fsp3) is 0.900. The Bertz CT molecular complexity index is 221. The molecule has 0 spiro atoms. The van der Waals surface area contributed by atoms with Crippen molar-refractivity contribution < 1.29 is 9.53 Å². The highest BCUT2D eigenvalue weighted by atomic mass is 35.5. The Kier molecular flexibility index (Phi) is 4.83. The average molecular weight is 235 g/mol. The van der Waals surface area contributed by atoms with E-state index >= 15 is 0 Å². The maximum absolute atomic E-state index is 11.4. The molecule has 2 aliphatic rings. The molecule has 2 fully saturated rings. The summed E-state index contributed by atoms with van der Waals surface area (Å²) in [6.07, 6.45) is 2.11. The minimum absolute atomic E-state index is 0. The highest BCUT2D eigenvalue weighted by Crippen LogP contribution is 2.20. The number of ether oxygens (including phenoxy) is 1. The van der Waals surface area contributed by atoms with Crippen molar-refractivity contribution in [2.75, 3.05) is 33.3 Å². The molecule has 1 N–H and O–H groups in total. The summed E-state index contributed by atoms with van der Waals surface area (Å²) in [6.45, 7) is 4.18. The molecule has 5 heteroatoms. The van der Waals surface area contributed by atoms with E-state index in [1.54, 1.807) is 0 Å². The first-order valence-electron chi connectivity index (χ1n) is 5.34. The van der Waals surface area contributed by atoms with Crippen LogP contribution in [-0.2, 0) is 9.53 Å². The summed E-state index contributed by atoms with van der Waals surface area (Å²) in [4.78, 5) is 13.8. The Hall–Kier alpha value is -0.320. The average Bonchev–Trinajstić information content (AvgIpc) is 2.14. The molecular formula is C10H19ClN2O2. The van der Waals surface area contributed by atoms with Crippen LogP contribution in [0, 0.1) is 5.92 Å². The fourth-order valence-electron chi connectivity index (χ4n) is 2.23. The van der Waals surface area contributed by atoms with Gasteiger partial charge in [0.2, 0.25) is 0 Å². The third kappa shape index (κ3) is 2.83. The van der Waals surface area contributed by atoms with Gasteiger partial charge in [-0.25, -0.2) is 0 Å². The quantitative estimate of drug-likeness (QED) is 0.697. The molecule has 1 atom stereocenters. The smallest absolute Gasteiger partial charge is 0.309 e. The minimum Gasteiger partial charge on any atom is -0.469 e. The standard InChI is InChI=1S/C10H18N2O2.ClH/c1-14-10(13)8-3-2-4-12(7-8)9-5-11-6-9;/h8-9,11H,2-7H2,1H3;1H/t8-;/m1./s1. The van der Waals surface area contributed by atoms with E-state index in [9.17, 15) is 4.79 Å². The zero-order valence-corrected chi connectivity index (χ0v) is 9.89. The van der Waals surface area contributed by atoms with Gasteiger partial charge in [0, 0.05) is 25.7 Å². The van der Waals surface area contributed by atoms with Crippen LogP contribution in [0.15, 0.2) is 0 Å². The predicted molar refractivity (Wildman–Crippen MR) is 60.2 cm³/mol. The lowest BCUT2D eigenvalue weighted by Gasteiger charge is -2.42. The second-order valence-electron chi connectivity index (χ2n) is 4.17. The molecular weight excluding hydrogens is 216 g/mol. The number of hydrogen-bond donors (Lipinski definition) is 1. The van der Waals surface area contributed by atoms with Crippen molar-refractivity contribution in [3.05, 3.63) is 0 Å². The van der Waals surface area contributed by atoms with E-state index in [0.29, 0.717) is 6.04 Å². The third-order valence-corrected chi connectivity index (χ3v) is 3.26. The molecule has 0 saturated carbocycles. The normalized spacial score (nSPS) is 27.7. The van der Waals surface area contributed by atoms with Gasteiger partial charge >= 0.3 is 5.97 Å². The Morgan fingerprint density at radius 1 is 1.47 bits per heavy atom. The van der Waals surface area contributed by atoms with Crippen LogP contribution < -0.4 is 5.32 Å². The van der Waals surface area contributed by atoms with Crippen LogP contribution in [0.2, 0.25) is 0 Å². The number of carbonyl (C=O) groups is 1. The third-order valence-electron chi connectivity index (χ3n) is 3.26. The van der Waals surface area contributed by atoms with Gasteiger partial charge in [0.15, 0.2) is 0 Å². The molecule has 15 heavy (non-hydrogen) atoms. The van der Waals surface area contributed by atoms with Crippen LogP contribution in [0.1, 0.15) is 12.8 Å². The molecule has 0 radical (unpaired) electrons. The molecule has 0 aliphatic carbocycles. The Morgan fingerprint density at radius 3 is 2.73 bits per heavy atom. The van der Waals surface area contributed by atoms with Gasteiger partial charge in [0.25, 0.3) is 0 Å². The number of carbonyl (C=O) groups excluding carboxylic acids is 1. The first-order chi connectivity index (χ1) is 6.81. The van der Waals surface area contributed by atoms with Gasteiger partial charge in [0.1, 0.15) is 0 Å². The summed E-state index contributed by atoms with van der Waals surface area (Å²) in [7, 11) is 1.48. The second-order valence-corrected chi connectivity index (χ2v) is 4.17. The number of nitrogens with zero attached hydrogens (tertiary/aromatic N) is 1. The molecule has 2 rings (SSSR count). The summed E-state index contributed by atoms with van der Waals surface area (Å²) in [6, 6.07) is 0.655. The predicted octanol–water partition coefficient (Wildman–Crippen LogP) is 0.265. The molecule has 4 nitrogen and oxygen atoms in total. The van der Waals surface area contributed by atoms with Crippen molar-refractivity contribution in [3.63, 3.8) is 0 Å². The van der Waals surface area contributed by atoms with Crippen LogP contribution in [-0.4, -0.2) is 50.2 Å². The topological polar surface area (TPSA) is 41.6 Å². The molecule has 0 unspecified atom stereocenters. The number of hydrogen-bond acceptors (Lipinski definition) is 4. The minimum atomic E-state index is -0.0398. The molecule has 2 saturated heterocycles. The monoisotopic (exact) mass is 234 g/mol. The van der Waals surface area contributed by atoms with Crippen molar-refractivity contribution in [3.8, 4) is 0 Å². The van der Waals surface area contributed by atoms with Crippen molar-refractivity contribution in [1.29, 1.82) is 0 Å². The molecule has 0 bridgehead atoms. The van der Waals surface area contributed by atoms with E-state index in [1.807, 2.05) is 0 Å². The summed E-state index contributed by atoms with van der Waals surface area (Å²) in [5.74, 6) is 0.0660. The number of methoxy groups -OCH3 is 1. The summed E-state index contributed by atoms with van der Waals surface area (Å²) in [5.41, 5.74) is 0. The van der Waals surface area contributed by atoms with E-state index in [-0.39, 0.29) is 24.3 Å². The molecule has 2 aliphatic heterocycles. The zero-order valence-electron chi connectivity index (χ0n) is 9.07. The fourth-order valence-corrected chi connectivity index (χ4v) is 2.23. The number of esters is 1. The number of likely N-dealkylation sites (tertiary alicyclic amines) is 1. The number of halogens is 1. The summed E-state index contributed by atoms with van der Waals surface area (Å²) in [5, 5.41) is 3.26. The van der Waals surface area contributed by atoms with E-state index in [1.165, 1.54) is 7.11 Å². The van der Waals surface area contributed by atoms with Crippen molar-refractivity contribution in [2.45, 2.75) is 18.9 Å². The molecule has 0 aromatic rings. The van der Waals surface area contributed by atoms with Crippen molar-refractivity contribution >= 4 is 18.4 Å². The maximum atomic E-state index is 11.4. The highest BCUT2D eigenvalue weighted by molar-refractivity contribution is 5.85. The van der Waals surface area contributed by atoms with Gasteiger partial charge in [-0.2, -0.15) is 0 Å². The molecule has 88 valence electrons. The lowest BCUT2D eigenvalue weighted by Crippen LogP contribution is -2.59.